The number of anilines is 1. The SMILES string of the molecule is CC[NH+](CC)CC.CC[NH+](CC)CC.CC[NH+](CC)CC.CC[NH+](CC)CC.C[C@@]1(O)[C@H](O)[C@@H](COP(=O)([O-])OP(=O)([O-])OP(=O)([O-])[O-])O[C@H]1n1cnc2c(=O)[nH]c(N)nc21. The molecule has 61 heavy (non-hydrogen) atoms. The number of nitrogens with two attached hydrogens (primary N) is 1. The lowest BCUT2D eigenvalue weighted by molar-refractivity contribution is -0.894. The van der Waals surface area contributed by atoms with E-state index in [1.54, 1.807) is 19.6 Å². The van der Waals surface area contributed by atoms with Gasteiger partial charge in [-0.2, -0.15) is 4.98 Å². The Bertz CT molecular complexity index is 1600. The van der Waals surface area contributed by atoms with Crippen LogP contribution >= 0.6 is 23.5 Å². The highest BCUT2D eigenvalue weighted by molar-refractivity contribution is 7.64. The molecule has 0 radical (unpaired) electrons. The highest BCUT2D eigenvalue weighted by atomic mass is 31.3. The van der Waals surface area contributed by atoms with Crippen LogP contribution in [0.4, 0.5) is 5.95 Å². The lowest BCUT2D eigenvalue weighted by Gasteiger charge is -2.37. The van der Waals surface area contributed by atoms with Gasteiger partial charge in [-0.05, 0) is 90.0 Å². The predicted octanol–water partition coefficient (Wildman–Crippen LogP) is -4.75. The van der Waals surface area contributed by atoms with Crippen LogP contribution in [0.15, 0.2) is 11.1 Å². The van der Waals surface area contributed by atoms with Crippen LogP contribution in [-0.2, 0) is 31.6 Å². The number of fused-ring (bicyclic) bond motifs is 1. The first kappa shape index (κ1) is 61.4. The van der Waals surface area contributed by atoms with Crippen molar-refractivity contribution in [3.05, 3.63) is 16.7 Å². The molecule has 2 aromatic rings. The summed E-state index contributed by atoms with van der Waals surface area (Å²) < 4.78 is 50.3. The Kier molecular flexibility index (Phi) is 30.6. The smallest absolute Gasteiger partial charge is 0.280 e. The molecule has 0 saturated carbocycles. The molecule has 1 aliphatic rings. The fourth-order valence-corrected chi connectivity index (χ4v) is 8.81. The van der Waals surface area contributed by atoms with Gasteiger partial charge in [-0.3, -0.25) is 27.8 Å². The van der Waals surface area contributed by atoms with Crippen LogP contribution in [0.3, 0.4) is 0 Å². The van der Waals surface area contributed by atoms with Crippen LogP contribution in [0.25, 0.3) is 11.2 Å². The van der Waals surface area contributed by atoms with Gasteiger partial charge in [0.15, 0.2) is 17.4 Å². The van der Waals surface area contributed by atoms with Crippen LogP contribution in [0.1, 0.15) is 96.2 Å². The van der Waals surface area contributed by atoms with Crippen LogP contribution in [-0.4, -0.2) is 133 Å². The maximum absolute atomic E-state index is 11.9. The van der Waals surface area contributed by atoms with E-state index in [0.29, 0.717) is 0 Å². The molecule has 362 valence electrons. The number of ether oxygens (including phenoxy) is 1. The Morgan fingerprint density at radius 3 is 1.46 bits per heavy atom. The quantitative estimate of drug-likeness (QED) is 0.0578. The number of aliphatic hydroxyl groups excluding tert-OH is 1. The Hall–Kier alpha value is -1.72. The van der Waals surface area contributed by atoms with E-state index in [-0.39, 0.29) is 17.1 Å². The number of H-pyrrole nitrogens is 1. The molecule has 0 aromatic carbocycles. The molecule has 0 amide bonds. The fraction of sp³-hybridized carbons (Fsp3) is 0.857. The number of rotatable bonds is 20. The number of aromatic amines is 1. The number of nitrogen functional groups attached to an aromatic ring is 1. The zero-order valence-corrected chi connectivity index (χ0v) is 41.2. The number of phosphoric acid groups is 3. The summed E-state index contributed by atoms with van der Waals surface area (Å²) in [7, 11) is -18.2. The number of quaternary nitrogens is 4. The molecule has 23 nitrogen and oxygen atoms in total. The van der Waals surface area contributed by atoms with Gasteiger partial charge in [0.2, 0.25) is 5.95 Å². The third-order valence-corrected chi connectivity index (χ3v) is 13.9. The van der Waals surface area contributed by atoms with Gasteiger partial charge in [0.25, 0.3) is 21.2 Å². The molecule has 9 N–H and O–H groups in total. The average Bonchev–Trinajstić information content (AvgIpc) is 3.70. The lowest BCUT2D eigenvalue weighted by atomic mass is 9.96. The number of hydrogen-bond donors (Lipinski definition) is 8. The largest absolute Gasteiger partial charge is 0.790 e. The van der Waals surface area contributed by atoms with Crippen molar-refractivity contribution in [3.8, 4) is 0 Å². The normalized spacial score (nSPS) is 20.8. The highest BCUT2D eigenvalue weighted by Gasteiger charge is 2.54. The number of nitrogens with one attached hydrogen (secondary N) is 5. The van der Waals surface area contributed by atoms with E-state index in [1.807, 2.05) is 0 Å². The van der Waals surface area contributed by atoms with Crippen molar-refractivity contribution in [3.63, 3.8) is 0 Å². The molecule has 6 atom stereocenters. The van der Waals surface area contributed by atoms with E-state index in [4.69, 9.17) is 10.5 Å². The molecular weight excluding hydrogens is 863 g/mol. The van der Waals surface area contributed by atoms with E-state index in [0.717, 1.165) is 17.8 Å². The number of aliphatic hydroxyl groups is 2. The molecule has 0 aliphatic carbocycles. The summed E-state index contributed by atoms with van der Waals surface area (Å²) in [5, 5.41) is 21.0. The number of phosphoric ester groups is 1. The molecule has 2 unspecified atom stereocenters. The van der Waals surface area contributed by atoms with E-state index in [9.17, 15) is 48.3 Å². The molecule has 3 rings (SSSR count). The number of aromatic nitrogens is 4. The van der Waals surface area contributed by atoms with Gasteiger partial charge >= 0.3 is 0 Å². The van der Waals surface area contributed by atoms with E-state index < -0.39 is 59.7 Å². The first-order valence-electron chi connectivity index (χ1n) is 21.1. The van der Waals surface area contributed by atoms with Crippen LogP contribution < -0.4 is 50.5 Å². The molecule has 3 heterocycles. The van der Waals surface area contributed by atoms with Crippen molar-refractivity contribution in [1.82, 2.24) is 19.5 Å². The first-order valence-corrected chi connectivity index (χ1v) is 25.5. The summed E-state index contributed by atoms with van der Waals surface area (Å²) in [5.41, 5.74) is 2.25. The maximum atomic E-state index is 11.9. The Labute approximate surface area is 362 Å². The number of hydrogen-bond acceptors (Lipinski definition) is 17. The summed E-state index contributed by atoms with van der Waals surface area (Å²) in [6.45, 7) is 41.9. The second kappa shape index (κ2) is 30.4. The maximum Gasteiger partial charge on any atom is 0.280 e. The van der Waals surface area contributed by atoms with Crippen molar-refractivity contribution in [2.24, 2.45) is 0 Å². The van der Waals surface area contributed by atoms with Crippen molar-refractivity contribution >= 4 is 40.6 Å². The number of imidazole rings is 1. The van der Waals surface area contributed by atoms with Crippen molar-refractivity contribution in [2.45, 2.75) is 114 Å². The minimum atomic E-state index is -6.18. The summed E-state index contributed by atoms with van der Waals surface area (Å²) in [4.78, 5) is 72.0. The molecule has 2 aromatic heterocycles. The summed E-state index contributed by atoms with van der Waals surface area (Å²) >= 11 is 0. The van der Waals surface area contributed by atoms with Crippen LogP contribution in [0, 0.1) is 0 Å². The monoisotopic (exact) mass is 941 g/mol. The molecule has 1 saturated heterocycles. The minimum Gasteiger partial charge on any atom is -0.790 e. The third-order valence-electron chi connectivity index (χ3n) is 10.3. The molecule has 1 aliphatic heterocycles. The zero-order chi connectivity index (χ0) is 47.8. The van der Waals surface area contributed by atoms with E-state index in [2.05, 4.69) is 111 Å². The zero-order valence-electron chi connectivity index (χ0n) is 38.6. The van der Waals surface area contributed by atoms with Crippen LogP contribution in [0.5, 0.6) is 0 Å². The summed E-state index contributed by atoms with van der Waals surface area (Å²) in [6.07, 6.45) is -4.01. The van der Waals surface area contributed by atoms with Gasteiger partial charge < -0.3 is 68.9 Å². The standard InChI is InChI=1S/C11H18N5O14P3.4C6H15N/c1-11(19)6(17)4(2-27-32(23,24)30-33(25,26)29-31(20,21)22)28-9(11)16-3-13-5-7(16)14-10(12)15-8(5)18;4*1-4-7(5-2)6-3/h3-4,6,9,17,19H,2H2,1H3,(H,23,24)(H,25,26)(H2,20,21,22)(H3,12,14,15,18);4*4-6H2,1-3H3/t4-,6-,9-,11-;;;;/m1..../s1. The first-order chi connectivity index (χ1) is 28.3. The van der Waals surface area contributed by atoms with Crippen molar-refractivity contribution < 1.29 is 81.0 Å². The second-order valence-electron chi connectivity index (χ2n) is 14.0. The molecule has 1 fully saturated rings. The lowest BCUT2D eigenvalue weighted by Crippen LogP contribution is -3.11. The predicted molar refractivity (Wildman–Crippen MR) is 224 cm³/mol. The van der Waals surface area contributed by atoms with E-state index >= 15 is 0 Å². The Morgan fingerprint density at radius 2 is 1.13 bits per heavy atom. The van der Waals surface area contributed by atoms with Gasteiger partial charge in [0.05, 0.1) is 99.3 Å². The minimum absolute atomic E-state index is 0.155. The van der Waals surface area contributed by atoms with Crippen molar-refractivity contribution in [2.75, 3.05) is 90.9 Å². The van der Waals surface area contributed by atoms with Gasteiger partial charge in [0.1, 0.15) is 17.8 Å². The Balaban J connectivity index is 0. The molecule has 0 bridgehead atoms. The van der Waals surface area contributed by atoms with Crippen molar-refractivity contribution in [1.29, 1.82) is 0 Å². The Morgan fingerprint density at radius 1 is 0.754 bits per heavy atom. The molecule has 26 heteroatoms. The summed E-state index contributed by atoms with van der Waals surface area (Å²) in [5.74, 6) is -0.304. The average molecular weight is 942 g/mol. The second-order valence-corrected chi connectivity index (χ2v) is 18.3. The fourth-order valence-electron chi connectivity index (χ4n) is 5.94. The highest BCUT2D eigenvalue weighted by Crippen LogP contribution is 2.60. The summed E-state index contributed by atoms with van der Waals surface area (Å²) in [6, 6.07) is 0. The van der Waals surface area contributed by atoms with Crippen LogP contribution in [0.2, 0.25) is 0 Å². The third kappa shape index (κ3) is 23.2. The topological polar surface area (TPSA) is 328 Å². The molecule has 0 spiro atoms. The van der Waals surface area contributed by atoms with E-state index in [1.165, 1.54) is 78.5 Å². The van der Waals surface area contributed by atoms with Gasteiger partial charge in [-0.25, -0.2) is 9.29 Å². The van der Waals surface area contributed by atoms with Gasteiger partial charge in [-0.1, -0.05) is 0 Å². The molecular formula is C35H78N9O14P3. The van der Waals surface area contributed by atoms with Gasteiger partial charge in [-0.15, -0.1) is 0 Å². The van der Waals surface area contributed by atoms with Gasteiger partial charge in [0, 0.05) is 0 Å². The number of nitrogens with zero attached hydrogens (tertiary/aromatic N) is 3.